The molecule has 3 aromatic rings. The Morgan fingerprint density at radius 2 is 1.97 bits per heavy atom. The SMILES string of the molecule is O=C(NCc1cc(Cl)c2c(c1)OCCO2)c1cnn(-c2ccccc2)c1C1CC1. The predicted molar refractivity (Wildman–Crippen MR) is 109 cm³/mol. The molecule has 2 heterocycles. The standard InChI is InChI=1S/C22H20ClN3O3/c23-18-10-14(11-19-21(18)29-9-8-28-19)12-24-22(27)17-13-25-26(20(17)15-6-7-15)16-4-2-1-3-5-16/h1-5,10-11,13,15H,6-9,12H2,(H,24,27). The van der Waals surface area contributed by atoms with Crippen molar-refractivity contribution in [1.82, 2.24) is 15.1 Å². The number of benzene rings is 2. The average Bonchev–Trinajstić information content (AvgIpc) is 3.50. The van der Waals surface area contributed by atoms with Crippen LogP contribution in [0.25, 0.3) is 5.69 Å². The van der Waals surface area contributed by atoms with Gasteiger partial charge in [-0.15, -0.1) is 0 Å². The van der Waals surface area contributed by atoms with Crippen molar-refractivity contribution in [2.45, 2.75) is 25.3 Å². The van der Waals surface area contributed by atoms with E-state index in [4.69, 9.17) is 21.1 Å². The number of para-hydroxylation sites is 1. The fourth-order valence-electron chi connectivity index (χ4n) is 3.60. The van der Waals surface area contributed by atoms with Gasteiger partial charge in [-0.1, -0.05) is 29.8 Å². The number of nitrogens with zero attached hydrogens (tertiary/aromatic N) is 2. The summed E-state index contributed by atoms with van der Waals surface area (Å²) in [6, 6.07) is 13.6. The minimum atomic E-state index is -0.139. The van der Waals surface area contributed by atoms with Crippen LogP contribution in [0.1, 0.15) is 40.4 Å². The van der Waals surface area contributed by atoms with Gasteiger partial charge in [0.15, 0.2) is 11.5 Å². The number of nitrogens with one attached hydrogen (secondary N) is 1. The lowest BCUT2D eigenvalue weighted by Gasteiger charge is -2.20. The van der Waals surface area contributed by atoms with Crippen molar-refractivity contribution in [2.75, 3.05) is 13.2 Å². The largest absolute Gasteiger partial charge is 0.486 e. The second-order valence-electron chi connectivity index (χ2n) is 7.25. The summed E-state index contributed by atoms with van der Waals surface area (Å²) in [5.74, 6) is 1.42. The zero-order chi connectivity index (χ0) is 19.8. The summed E-state index contributed by atoms with van der Waals surface area (Å²) < 4.78 is 13.0. The third-order valence-corrected chi connectivity index (χ3v) is 5.41. The zero-order valence-corrected chi connectivity index (χ0v) is 16.5. The van der Waals surface area contributed by atoms with Gasteiger partial charge >= 0.3 is 0 Å². The van der Waals surface area contributed by atoms with Crippen molar-refractivity contribution in [3.05, 3.63) is 70.5 Å². The second-order valence-corrected chi connectivity index (χ2v) is 7.66. The topological polar surface area (TPSA) is 65.4 Å². The monoisotopic (exact) mass is 409 g/mol. The summed E-state index contributed by atoms with van der Waals surface area (Å²) in [5, 5.41) is 7.97. The lowest BCUT2D eigenvalue weighted by molar-refractivity contribution is 0.0949. The zero-order valence-electron chi connectivity index (χ0n) is 15.7. The second kappa shape index (κ2) is 7.44. The van der Waals surface area contributed by atoms with Crippen molar-refractivity contribution >= 4 is 17.5 Å². The number of amides is 1. The van der Waals surface area contributed by atoms with Crippen LogP contribution in [0.3, 0.4) is 0 Å². The Balaban J connectivity index is 1.37. The van der Waals surface area contributed by atoms with E-state index in [1.807, 2.05) is 41.1 Å². The van der Waals surface area contributed by atoms with Gasteiger partial charge in [-0.2, -0.15) is 5.10 Å². The van der Waals surface area contributed by atoms with Crippen molar-refractivity contribution in [1.29, 1.82) is 0 Å². The molecule has 0 radical (unpaired) electrons. The van der Waals surface area contributed by atoms with Crippen molar-refractivity contribution in [3.63, 3.8) is 0 Å². The van der Waals surface area contributed by atoms with Crippen LogP contribution >= 0.6 is 11.6 Å². The van der Waals surface area contributed by atoms with E-state index < -0.39 is 0 Å². The Bertz CT molecular complexity index is 1060. The van der Waals surface area contributed by atoms with E-state index in [9.17, 15) is 4.79 Å². The molecule has 29 heavy (non-hydrogen) atoms. The molecule has 0 saturated heterocycles. The highest BCUT2D eigenvalue weighted by atomic mass is 35.5. The van der Waals surface area contributed by atoms with E-state index >= 15 is 0 Å². The van der Waals surface area contributed by atoms with Gasteiger partial charge in [0, 0.05) is 12.5 Å². The Hall–Kier alpha value is -2.99. The van der Waals surface area contributed by atoms with Crippen LogP contribution < -0.4 is 14.8 Å². The maximum Gasteiger partial charge on any atom is 0.255 e. The van der Waals surface area contributed by atoms with Gasteiger partial charge in [0.1, 0.15) is 13.2 Å². The first-order chi connectivity index (χ1) is 14.2. The molecule has 1 aromatic heterocycles. The Labute approximate surface area is 173 Å². The summed E-state index contributed by atoms with van der Waals surface area (Å²) in [7, 11) is 0. The number of carbonyl (C=O) groups is 1. The summed E-state index contributed by atoms with van der Waals surface area (Å²) in [6.45, 7) is 1.32. The van der Waals surface area contributed by atoms with Gasteiger partial charge in [0.2, 0.25) is 0 Å². The van der Waals surface area contributed by atoms with Gasteiger partial charge in [-0.25, -0.2) is 4.68 Å². The highest BCUT2D eigenvalue weighted by Gasteiger charge is 2.32. The maximum absolute atomic E-state index is 12.9. The van der Waals surface area contributed by atoms with Gasteiger partial charge < -0.3 is 14.8 Å². The molecule has 5 rings (SSSR count). The van der Waals surface area contributed by atoms with Crippen LogP contribution in [0.2, 0.25) is 5.02 Å². The normalized spacial score (nSPS) is 15.2. The Kier molecular flexibility index (Phi) is 4.64. The molecular weight excluding hydrogens is 390 g/mol. The minimum absolute atomic E-state index is 0.139. The summed E-state index contributed by atoms with van der Waals surface area (Å²) in [6.07, 6.45) is 3.82. The molecule has 1 saturated carbocycles. The predicted octanol–water partition coefficient (Wildman–Crippen LogP) is 4.10. The number of hydrogen-bond acceptors (Lipinski definition) is 4. The van der Waals surface area contributed by atoms with Crippen LogP contribution in [0.15, 0.2) is 48.7 Å². The molecular formula is C22H20ClN3O3. The van der Waals surface area contributed by atoms with Gasteiger partial charge in [0.25, 0.3) is 5.91 Å². The Morgan fingerprint density at radius 1 is 1.17 bits per heavy atom. The van der Waals surface area contributed by atoms with Crippen LogP contribution in [-0.2, 0) is 6.54 Å². The van der Waals surface area contributed by atoms with Gasteiger partial charge in [-0.3, -0.25) is 4.79 Å². The van der Waals surface area contributed by atoms with E-state index in [2.05, 4.69) is 10.4 Å². The van der Waals surface area contributed by atoms with Crippen molar-refractivity contribution < 1.29 is 14.3 Å². The first-order valence-electron chi connectivity index (χ1n) is 9.70. The minimum Gasteiger partial charge on any atom is -0.486 e. The van der Waals surface area contributed by atoms with Crippen molar-refractivity contribution in [2.24, 2.45) is 0 Å². The maximum atomic E-state index is 12.9. The summed E-state index contributed by atoms with van der Waals surface area (Å²) >= 11 is 6.29. The number of carbonyl (C=O) groups excluding carboxylic acids is 1. The molecule has 1 aliphatic carbocycles. The lowest BCUT2D eigenvalue weighted by Crippen LogP contribution is -2.24. The molecule has 0 unspecified atom stereocenters. The summed E-state index contributed by atoms with van der Waals surface area (Å²) in [4.78, 5) is 12.9. The van der Waals surface area contributed by atoms with E-state index in [-0.39, 0.29) is 5.91 Å². The fourth-order valence-corrected chi connectivity index (χ4v) is 3.89. The van der Waals surface area contributed by atoms with Crippen LogP contribution in [0, 0.1) is 0 Å². The summed E-state index contributed by atoms with van der Waals surface area (Å²) in [5.41, 5.74) is 3.43. The number of halogens is 1. The first-order valence-corrected chi connectivity index (χ1v) is 10.1. The quantitative estimate of drug-likeness (QED) is 0.688. The van der Waals surface area contributed by atoms with E-state index in [1.165, 1.54) is 0 Å². The molecule has 0 atom stereocenters. The molecule has 2 aromatic carbocycles. The Morgan fingerprint density at radius 3 is 2.76 bits per heavy atom. The molecule has 0 bridgehead atoms. The van der Waals surface area contributed by atoms with E-state index in [0.717, 1.165) is 29.8 Å². The van der Waals surface area contributed by atoms with Gasteiger partial charge in [-0.05, 0) is 42.7 Å². The fraction of sp³-hybridized carbons (Fsp3) is 0.273. The third-order valence-electron chi connectivity index (χ3n) is 5.13. The molecule has 0 spiro atoms. The number of aromatic nitrogens is 2. The highest BCUT2D eigenvalue weighted by Crippen LogP contribution is 2.42. The molecule has 1 amide bonds. The smallest absolute Gasteiger partial charge is 0.255 e. The first kappa shape index (κ1) is 18.1. The number of ether oxygens (including phenoxy) is 2. The van der Waals surface area contributed by atoms with Crippen molar-refractivity contribution in [3.8, 4) is 17.2 Å². The number of rotatable bonds is 5. The molecule has 148 valence electrons. The molecule has 7 heteroatoms. The molecule has 2 aliphatic rings. The third kappa shape index (κ3) is 3.56. The average molecular weight is 410 g/mol. The number of hydrogen-bond donors (Lipinski definition) is 1. The molecule has 6 nitrogen and oxygen atoms in total. The van der Waals surface area contributed by atoms with Crippen LogP contribution in [0.5, 0.6) is 11.5 Å². The number of fused-ring (bicyclic) bond motifs is 1. The van der Waals surface area contributed by atoms with Crippen LogP contribution in [-0.4, -0.2) is 28.9 Å². The molecule has 1 fully saturated rings. The highest BCUT2D eigenvalue weighted by molar-refractivity contribution is 6.32. The van der Waals surface area contributed by atoms with Crippen LogP contribution in [0.4, 0.5) is 0 Å². The van der Waals surface area contributed by atoms with E-state index in [0.29, 0.717) is 47.8 Å². The van der Waals surface area contributed by atoms with E-state index in [1.54, 1.807) is 12.3 Å². The van der Waals surface area contributed by atoms with Gasteiger partial charge in [0.05, 0.1) is 28.2 Å². The lowest BCUT2D eigenvalue weighted by atomic mass is 10.1. The molecule has 1 aliphatic heterocycles. The molecule has 1 N–H and O–H groups in total.